The summed E-state index contributed by atoms with van der Waals surface area (Å²) in [6, 6.07) is 16.0. The molecule has 1 unspecified atom stereocenters. The zero-order valence-corrected chi connectivity index (χ0v) is 20.1. The van der Waals surface area contributed by atoms with Crippen molar-refractivity contribution in [3.05, 3.63) is 54.1 Å². The Bertz CT molecular complexity index is 815. The van der Waals surface area contributed by atoms with E-state index >= 15 is 0 Å². The maximum atomic E-state index is 9.60. The van der Waals surface area contributed by atoms with Gasteiger partial charge in [-0.05, 0) is 56.0 Å². The molecule has 164 valence electrons. The van der Waals surface area contributed by atoms with Crippen molar-refractivity contribution in [3.63, 3.8) is 0 Å². The number of benzene rings is 2. The number of guanidine groups is 1. The number of phenolic OH excluding ortho intramolecular Hbond substituents is 1. The van der Waals surface area contributed by atoms with E-state index in [0.29, 0.717) is 18.3 Å². The Labute approximate surface area is 196 Å². The van der Waals surface area contributed by atoms with Gasteiger partial charge in [0.05, 0.1) is 7.11 Å². The molecule has 1 fully saturated rings. The van der Waals surface area contributed by atoms with Crippen molar-refractivity contribution < 1.29 is 9.84 Å². The summed E-state index contributed by atoms with van der Waals surface area (Å²) in [7, 11) is 1.70. The Kier molecular flexibility index (Phi) is 10.1. The summed E-state index contributed by atoms with van der Waals surface area (Å²) >= 11 is 0. The van der Waals surface area contributed by atoms with Crippen LogP contribution in [0.2, 0.25) is 0 Å². The average molecular weight is 524 g/mol. The molecular formula is C23H33IN4O2. The summed E-state index contributed by atoms with van der Waals surface area (Å²) < 4.78 is 5.37. The molecular weight excluding hydrogens is 491 g/mol. The highest BCUT2D eigenvalue weighted by Crippen LogP contribution is 2.24. The topological polar surface area (TPSA) is 69.1 Å². The van der Waals surface area contributed by atoms with Gasteiger partial charge in [-0.2, -0.15) is 0 Å². The largest absolute Gasteiger partial charge is 0.508 e. The van der Waals surface area contributed by atoms with Crippen molar-refractivity contribution in [2.24, 2.45) is 4.99 Å². The zero-order chi connectivity index (χ0) is 20.5. The summed E-state index contributed by atoms with van der Waals surface area (Å²) in [6.07, 6.45) is 3.06. The average Bonchev–Trinajstić information content (AvgIpc) is 2.74. The highest BCUT2D eigenvalue weighted by molar-refractivity contribution is 14.0. The summed E-state index contributed by atoms with van der Waals surface area (Å²) in [4.78, 5) is 7.13. The van der Waals surface area contributed by atoms with Gasteiger partial charge >= 0.3 is 0 Å². The molecule has 0 bridgehead atoms. The fraction of sp³-hybridized carbons (Fsp3) is 0.435. The molecule has 1 heterocycles. The van der Waals surface area contributed by atoms with E-state index in [1.807, 2.05) is 24.3 Å². The molecule has 0 aliphatic carbocycles. The highest BCUT2D eigenvalue weighted by Gasteiger charge is 2.21. The van der Waals surface area contributed by atoms with E-state index in [1.54, 1.807) is 19.2 Å². The fourth-order valence-corrected chi connectivity index (χ4v) is 3.66. The van der Waals surface area contributed by atoms with E-state index in [2.05, 4.69) is 34.6 Å². The van der Waals surface area contributed by atoms with Gasteiger partial charge in [0.2, 0.25) is 0 Å². The van der Waals surface area contributed by atoms with Crippen LogP contribution in [0.3, 0.4) is 0 Å². The summed E-state index contributed by atoms with van der Waals surface area (Å²) in [6.45, 7) is 5.56. The third-order valence-corrected chi connectivity index (χ3v) is 5.11. The van der Waals surface area contributed by atoms with Crippen LogP contribution in [-0.4, -0.2) is 50.4 Å². The lowest BCUT2D eigenvalue weighted by molar-refractivity contribution is 0.414. The van der Waals surface area contributed by atoms with E-state index in [-0.39, 0.29) is 24.0 Å². The monoisotopic (exact) mass is 524 g/mol. The number of hydrogen-bond donors (Lipinski definition) is 3. The van der Waals surface area contributed by atoms with Gasteiger partial charge in [0.25, 0.3) is 0 Å². The second-order valence-corrected chi connectivity index (χ2v) is 7.31. The van der Waals surface area contributed by atoms with Crippen LogP contribution in [0.15, 0.2) is 53.5 Å². The number of ether oxygens (including phenoxy) is 1. The Morgan fingerprint density at radius 2 is 2.07 bits per heavy atom. The number of nitrogens with zero attached hydrogens (tertiary/aromatic N) is 2. The molecule has 1 saturated heterocycles. The molecule has 6 nitrogen and oxygen atoms in total. The summed E-state index contributed by atoms with van der Waals surface area (Å²) in [5.74, 6) is 2.04. The molecule has 0 radical (unpaired) electrons. The van der Waals surface area contributed by atoms with Crippen LogP contribution in [0.5, 0.6) is 11.5 Å². The fourth-order valence-electron chi connectivity index (χ4n) is 3.66. The molecule has 1 atom stereocenters. The van der Waals surface area contributed by atoms with Crippen LogP contribution >= 0.6 is 24.0 Å². The van der Waals surface area contributed by atoms with Gasteiger partial charge in [-0.15, -0.1) is 24.0 Å². The van der Waals surface area contributed by atoms with Gasteiger partial charge in [-0.25, -0.2) is 0 Å². The number of piperidine rings is 1. The van der Waals surface area contributed by atoms with Crippen LogP contribution < -0.4 is 20.3 Å². The Morgan fingerprint density at radius 3 is 2.83 bits per heavy atom. The first kappa shape index (κ1) is 24.1. The van der Waals surface area contributed by atoms with Crippen LogP contribution in [-0.2, 0) is 6.42 Å². The first-order chi connectivity index (χ1) is 14.2. The molecule has 0 aromatic heterocycles. The van der Waals surface area contributed by atoms with Crippen LogP contribution in [0, 0.1) is 0 Å². The maximum absolute atomic E-state index is 9.60. The van der Waals surface area contributed by atoms with Gasteiger partial charge in [-0.1, -0.05) is 18.2 Å². The van der Waals surface area contributed by atoms with Crippen molar-refractivity contribution in [1.29, 1.82) is 0 Å². The van der Waals surface area contributed by atoms with E-state index in [0.717, 1.165) is 56.2 Å². The highest BCUT2D eigenvalue weighted by atomic mass is 127. The lowest BCUT2D eigenvalue weighted by Gasteiger charge is -2.35. The first-order valence-electron chi connectivity index (χ1n) is 10.4. The van der Waals surface area contributed by atoms with E-state index in [1.165, 1.54) is 5.69 Å². The number of anilines is 1. The molecule has 0 spiro atoms. The van der Waals surface area contributed by atoms with Gasteiger partial charge in [0.15, 0.2) is 5.96 Å². The van der Waals surface area contributed by atoms with Crippen LogP contribution in [0.25, 0.3) is 0 Å². The van der Waals surface area contributed by atoms with Gasteiger partial charge in [-0.3, -0.25) is 4.99 Å². The Hall–Kier alpha value is -2.16. The van der Waals surface area contributed by atoms with Gasteiger partial charge in [0.1, 0.15) is 11.5 Å². The molecule has 0 amide bonds. The summed E-state index contributed by atoms with van der Waals surface area (Å²) in [5.41, 5.74) is 2.29. The molecule has 2 aromatic rings. The number of rotatable bonds is 7. The standard InChI is InChI=1S/C23H32N4O2.HI/c1-3-24-23(25-13-12-18-7-4-10-21(28)15-18)26-19-8-6-14-27(17-19)20-9-5-11-22(16-20)29-2;/h4-5,7,9-11,15-16,19,28H,3,6,8,12-14,17H2,1-2H3,(H2,24,25,26);1H. The molecule has 3 N–H and O–H groups in total. The van der Waals surface area contributed by atoms with Crippen molar-refractivity contribution in [2.75, 3.05) is 38.2 Å². The second-order valence-electron chi connectivity index (χ2n) is 7.31. The Morgan fingerprint density at radius 1 is 1.23 bits per heavy atom. The second kappa shape index (κ2) is 12.5. The molecule has 0 saturated carbocycles. The number of methoxy groups -OCH3 is 1. The van der Waals surface area contributed by atoms with Crippen LogP contribution in [0.1, 0.15) is 25.3 Å². The van der Waals surface area contributed by atoms with Gasteiger partial charge < -0.3 is 25.4 Å². The third-order valence-electron chi connectivity index (χ3n) is 5.11. The smallest absolute Gasteiger partial charge is 0.191 e. The quantitative estimate of drug-likeness (QED) is 0.292. The van der Waals surface area contributed by atoms with Crippen molar-refractivity contribution >= 4 is 35.6 Å². The van der Waals surface area contributed by atoms with Crippen molar-refractivity contribution in [1.82, 2.24) is 10.6 Å². The van der Waals surface area contributed by atoms with Crippen LogP contribution in [0.4, 0.5) is 5.69 Å². The molecule has 1 aliphatic rings. The normalized spacial score (nSPS) is 16.5. The first-order valence-corrected chi connectivity index (χ1v) is 10.4. The number of halogens is 1. The zero-order valence-electron chi connectivity index (χ0n) is 17.8. The number of phenols is 1. The molecule has 1 aliphatic heterocycles. The van der Waals surface area contributed by atoms with Crippen molar-refractivity contribution in [3.8, 4) is 11.5 Å². The number of aromatic hydroxyl groups is 1. The van der Waals surface area contributed by atoms with Gasteiger partial charge in [0, 0.05) is 44.0 Å². The molecule has 30 heavy (non-hydrogen) atoms. The molecule has 7 heteroatoms. The lowest BCUT2D eigenvalue weighted by Crippen LogP contribution is -2.51. The van der Waals surface area contributed by atoms with E-state index in [4.69, 9.17) is 9.73 Å². The third kappa shape index (κ3) is 7.27. The lowest BCUT2D eigenvalue weighted by atomic mass is 10.0. The predicted molar refractivity (Wildman–Crippen MR) is 135 cm³/mol. The Balaban J connectivity index is 0.00000320. The minimum absolute atomic E-state index is 0. The number of aliphatic imine (C=N–C) groups is 1. The SMILES string of the molecule is CCNC(=NCCc1cccc(O)c1)NC1CCCN(c2cccc(OC)c2)C1.I. The molecule has 3 rings (SSSR count). The minimum Gasteiger partial charge on any atom is -0.508 e. The van der Waals surface area contributed by atoms with E-state index in [9.17, 15) is 5.11 Å². The summed E-state index contributed by atoms with van der Waals surface area (Å²) in [5, 5.41) is 16.6. The number of hydrogen-bond acceptors (Lipinski definition) is 4. The minimum atomic E-state index is 0. The molecule has 2 aromatic carbocycles. The number of nitrogens with one attached hydrogen (secondary N) is 2. The van der Waals surface area contributed by atoms with Crippen molar-refractivity contribution in [2.45, 2.75) is 32.2 Å². The predicted octanol–water partition coefficient (Wildman–Crippen LogP) is 3.79. The maximum Gasteiger partial charge on any atom is 0.191 e. The van der Waals surface area contributed by atoms with E-state index < -0.39 is 0 Å².